The van der Waals surface area contributed by atoms with Gasteiger partial charge in [-0.2, -0.15) is 0 Å². The Morgan fingerprint density at radius 2 is 0.962 bits per heavy atom. The van der Waals surface area contributed by atoms with Crippen LogP contribution in [0, 0.1) is 0 Å². The first-order chi connectivity index (χ1) is 37.2. The fourth-order valence-electron chi connectivity index (χ4n) is 7.17. The minimum absolute atomic E-state index is 0.0790. The Morgan fingerprint density at radius 3 is 1.71 bits per heavy atom. The Labute approximate surface area is 341 Å². The first-order valence-corrected chi connectivity index (χ1v) is 15.9. The topological polar surface area (TPSA) is 13.1 Å². The lowest BCUT2D eigenvalue weighted by Gasteiger charge is -2.22. The van der Waals surface area contributed by atoms with Gasteiger partial charge in [0.25, 0.3) is 0 Å². The fourth-order valence-corrected chi connectivity index (χ4v) is 7.17. The number of benzene rings is 9. The molecular weight excluding hydrogens is 629 g/mol. The lowest BCUT2D eigenvalue weighted by Crippen LogP contribution is -2.14. The number of hydrogen-bond donors (Lipinski definition) is 0. The van der Waals surface area contributed by atoms with Crippen LogP contribution in [0.2, 0.25) is 0 Å². The third-order valence-electron chi connectivity index (χ3n) is 9.51. The van der Waals surface area contributed by atoms with Gasteiger partial charge in [-0.3, -0.25) is 0 Å². The highest BCUT2D eigenvalue weighted by atomic mass is 16.3. The zero-order valence-corrected chi connectivity index (χ0v) is 26.9. The molecule has 0 spiro atoms. The molecule has 1 aliphatic carbocycles. The molecule has 1 heterocycles. The molecule has 1 aliphatic rings. The molecule has 0 unspecified atom stereocenters. The summed E-state index contributed by atoms with van der Waals surface area (Å²) in [4.78, 5) is 0. The molecule has 244 valence electrons. The van der Waals surface area contributed by atoms with Crippen LogP contribution in [0.1, 0.15) is 63.4 Å². The van der Waals surface area contributed by atoms with Crippen LogP contribution < -0.4 is 0 Å². The molecule has 0 fully saturated rings. The largest absolute Gasteiger partial charge is 0.456 e. The zero-order chi connectivity index (χ0) is 58.9. The van der Waals surface area contributed by atoms with Crippen LogP contribution >= 0.6 is 0 Å². The molecule has 0 radical (unpaired) electrons. The van der Waals surface area contributed by atoms with Gasteiger partial charge >= 0.3 is 0 Å². The quantitative estimate of drug-likeness (QED) is 0.168. The van der Waals surface area contributed by atoms with Crippen LogP contribution in [0.3, 0.4) is 0 Å². The van der Waals surface area contributed by atoms with E-state index < -0.39 is 257 Å². The fraction of sp³-hybridized carbons (Fsp3) is 0.0588. The molecule has 1 nitrogen and oxygen atoms in total. The van der Waals surface area contributed by atoms with E-state index in [0.717, 1.165) is 0 Å². The summed E-state index contributed by atoms with van der Waals surface area (Å²) in [6, 6.07) is -24.0. The van der Waals surface area contributed by atoms with Crippen molar-refractivity contribution in [2.24, 2.45) is 0 Å². The van der Waals surface area contributed by atoms with Gasteiger partial charge in [0.05, 0.1) is 38.4 Å². The van der Waals surface area contributed by atoms with Crippen LogP contribution in [-0.4, -0.2) is 0 Å². The number of hydrogen-bond acceptors (Lipinski definition) is 1. The van der Waals surface area contributed by atoms with Crippen molar-refractivity contribution in [3.8, 4) is 44.5 Å². The average molecular weight is 691 g/mol. The summed E-state index contributed by atoms with van der Waals surface area (Å²) in [5.74, 6) is 0. The van der Waals surface area contributed by atoms with Gasteiger partial charge in [-0.1, -0.05) is 165 Å². The van der Waals surface area contributed by atoms with Crippen molar-refractivity contribution < 1.29 is 42.8 Å². The van der Waals surface area contributed by atoms with Crippen molar-refractivity contribution in [3.05, 3.63) is 180 Å². The van der Waals surface area contributed by atoms with Crippen molar-refractivity contribution in [1.82, 2.24) is 0 Å². The average Bonchev–Trinajstić information content (AvgIpc) is 4.11. The second kappa shape index (κ2) is 10.8. The van der Waals surface area contributed by atoms with E-state index in [1.807, 2.05) is 0 Å². The standard InChI is InChI=1S/C51H34O/c1-51(2)43-20-10-9-18-40(43)49-41(19-11-21-44(49)51)48-38-16-7-5-14-36(38)47(37-15-6-8-17-39(37)48)33-24-22-31(23-25-33)34-27-28-45-42(30-34)50-35-13-4-3-12-32(35)26-29-46(50)52-45/h3-30H,1-2H3/i3D,4D,5D,6D,7D,8D,9D,10D,11D,12D,13D,14D,15D,16D,17D,18D,19D,20D,21D,22D,23D,24D,25D,26D,27D,28D,29D,30D. The molecule has 0 bridgehead atoms. The molecular formula is C51H34O. The summed E-state index contributed by atoms with van der Waals surface area (Å²) in [7, 11) is 0. The molecule has 0 N–H and O–H groups in total. The van der Waals surface area contributed by atoms with Gasteiger partial charge in [0.15, 0.2) is 0 Å². The third-order valence-corrected chi connectivity index (χ3v) is 9.51. The Balaban J connectivity index is 1.35. The Hall–Kier alpha value is -6.44. The first kappa shape index (κ1) is 13.0. The molecule has 0 amide bonds. The minimum Gasteiger partial charge on any atom is -0.456 e. The van der Waals surface area contributed by atoms with Crippen molar-refractivity contribution in [2.45, 2.75) is 19.3 Å². The van der Waals surface area contributed by atoms with Gasteiger partial charge in [0, 0.05) is 16.2 Å². The Morgan fingerprint density at radius 1 is 0.404 bits per heavy atom. The van der Waals surface area contributed by atoms with E-state index in [1.54, 1.807) is 0 Å². The van der Waals surface area contributed by atoms with Crippen molar-refractivity contribution in [3.63, 3.8) is 0 Å². The molecule has 0 aliphatic heterocycles. The molecule has 1 heteroatoms. The second-order valence-electron chi connectivity index (χ2n) is 12.6. The highest BCUT2D eigenvalue weighted by molar-refractivity contribution is 6.23. The highest BCUT2D eigenvalue weighted by Gasteiger charge is 2.37. The van der Waals surface area contributed by atoms with Crippen molar-refractivity contribution in [2.75, 3.05) is 0 Å². The van der Waals surface area contributed by atoms with Gasteiger partial charge in [-0.25, -0.2) is 0 Å². The summed E-state index contributed by atoms with van der Waals surface area (Å²) in [5, 5.41) is -4.43. The Bertz CT molecular complexity index is 4600. The first-order valence-electron chi connectivity index (χ1n) is 29.9. The maximum Gasteiger partial charge on any atom is 0.136 e. The van der Waals surface area contributed by atoms with Gasteiger partial charge in [0.1, 0.15) is 11.2 Å². The van der Waals surface area contributed by atoms with E-state index in [9.17, 15) is 19.2 Å². The lowest BCUT2D eigenvalue weighted by molar-refractivity contribution is 0.660. The normalized spacial score (nSPS) is 20.9. The van der Waals surface area contributed by atoms with E-state index in [1.165, 1.54) is 13.8 Å². The summed E-state index contributed by atoms with van der Waals surface area (Å²) in [5.41, 5.74) is -7.71. The maximum absolute atomic E-state index is 9.73. The number of furan rings is 1. The molecule has 9 aromatic carbocycles. The molecule has 11 rings (SSSR count). The predicted molar refractivity (Wildman–Crippen MR) is 220 cm³/mol. The minimum atomic E-state index is -1.55. The zero-order valence-electron chi connectivity index (χ0n) is 54.9. The summed E-state index contributed by atoms with van der Waals surface area (Å²) >= 11 is 0. The van der Waals surface area contributed by atoms with E-state index in [0.29, 0.717) is 0 Å². The van der Waals surface area contributed by atoms with E-state index in [2.05, 4.69) is 0 Å². The van der Waals surface area contributed by atoms with Crippen LogP contribution in [0.25, 0.3) is 98.8 Å². The summed E-state index contributed by atoms with van der Waals surface area (Å²) in [6.07, 6.45) is 0. The highest BCUT2D eigenvalue weighted by Crippen LogP contribution is 2.54. The van der Waals surface area contributed by atoms with Crippen LogP contribution in [0.5, 0.6) is 0 Å². The third kappa shape index (κ3) is 4.05. The lowest BCUT2D eigenvalue weighted by atomic mass is 9.80. The van der Waals surface area contributed by atoms with Gasteiger partial charge in [0.2, 0.25) is 0 Å². The second-order valence-corrected chi connectivity index (χ2v) is 12.6. The molecule has 0 saturated carbocycles. The van der Waals surface area contributed by atoms with Crippen LogP contribution in [-0.2, 0) is 5.41 Å². The molecule has 0 atom stereocenters. The number of fused-ring (bicyclic) bond motifs is 10. The van der Waals surface area contributed by atoms with Gasteiger partial charge < -0.3 is 4.42 Å². The Kier molecular flexibility index (Phi) is 2.69. The van der Waals surface area contributed by atoms with Crippen molar-refractivity contribution in [1.29, 1.82) is 0 Å². The molecule has 52 heavy (non-hydrogen) atoms. The maximum atomic E-state index is 9.73. The predicted octanol–water partition coefficient (Wildman–Crippen LogP) is 14.4. The molecule has 10 aromatic rings. The SMILES string of the molecule is [2H]c1c([2H])c([2H])c2c(c1[2H])-c1c(-c3c4c([2H])c([2H])c([2H])c([2H])c4c(-c4c([2H])c([2H])c(-c5c([2H])c([2H])c6oc7c([2H])c([2H])c8c([2H])c([2H])c([2H])c([2H])c8c7c6c5[2H])c([2H])c4[2H])c4c([2H])c([2H])c([2H])c([2H])c34)c([2H])c([2H])c([2H])c1C2(C)C. The van der Waals surface area contributed by atoms with Crippen LogP contribution in [0.15, 0.2) is 174 Å². The van der Waals surface area contributed by atoms with E-state index >= 15 is 0 Å². The molecule has 1 aromatic heterocycles. The van der Waals surface area contributed by atoms with Crippen molar-refractivity contribution >= 4 is 54.3 Å². The monoisotopic (exact) mass is 690 g/mol. The van der Waals surface area contributed by atoms with E-state index in [4.69, 9.17) is 23.6 Å². The van der Waals surface area contributed by atoms with E-state index in [-0.39, 0.29) is 27.6 Å². The summed E-state index contributed by atoms with van der Waals surface area (Å²) < 4.78 is 262. The summed E-state index contributed by atoms with van der Waals surface area (Å²) in [6.45, 7) is 3.01. The van der Waals surface area contributed by atoms with Gasteiger partial charge in [-0.15, -0.1) is 0 Å². The van der Waals surface area contributed by atoms with Crippen LogP contribution in [0.4, 0.5) is 0 Å². The van der Waals surface area contributed by atoms with Gasteiger partial charge in [-0.05, 0) is 106 Å². The molecule has 0 saturated heterocycles. The smallest absolute Gasteiger partial charge is 0.136 e. The number of rotatable bonds is 3.